The van der Waals surface area contributed by atoms with Crippen molar-refractivity contribution in [3.63, 3.8) is 0 Å². The van der Waals surface area contributed by atoms with Crippen LogP contribution in [0.5, 0.6) is 5.75 Å². The number of nitrogens with zero attached hydrogens (tertiary/aromatic N) is 2. The van der Waals surface area contributed by atoms with Gasteiger partial charge in [-0.15, -0.1) is 0 Å². The summed E-state index contributed by atoms with van der Waals surface area (Å²) < 4.78 is 93.6. The van der Waals surface area contributed by atoms with Crippen molar-refractivity contribution in [3.05, 3.63) is 59.2 Å². The highest BCUT2D eigenvalue weighted by Gasteiger charge is 2.38. The molecule has 1 N–H and O–H groups in total. The highest BCUT2D eigenvalue weighted by atomic mass is 32.2. The van der Waals surface area contributed by atoms with Crippen LogP contribution in [0.1, 0.15) is 28.4 Å². The summed E-state index contributed by atoms with van der Waals surface area (Å²) in [4.78, 5) is 11.8. The van der Waals surface area contributed by atoms with E-state index >= 15 is 0 Å². The third kappa shape index (κ3) is 6.46. The van der Waals surface area contributed by atoms with E-state index in [9.17, 15) is 40.6 Å². The summed E-state index contributed by atoms with van der Waals surface area (Å²) in [5, 5.41) is 20.5. The van der Waals surface area contributed by atoms with Gasteiger partial charge >= 0.3 is 11.7 Å². The zero-order valence-corrected chi connectivity index (χ0v) is 17.4. The number of hydrogen-bond donors (Lipinski definition) is 1. The van der Waals surface area contributed by atoms with Crippen LogP contribution in [0.25, 0.3) is 0 Å². The van der Waals surface area contributed by atoms with E-state index < -0.39 is 56.7 Å². The van der Waals surface area contributed by atoms with Crippen molar-refractivity contribution in [1.29, 1.82) is 10.5 Å². The van der Waals surface area contributed by atoms with E-state index in [1.165, 1.54) is 0 Å². The Bertz CT molecular complexity index is 1150. The fourth-order valence-electron chi connectivity index (χ4n) is 2.45. The van der Waals surface area contributed by atoms with Crippen molar-refractivity contribution in [2.75, 3.05) is 6.61 Å². The lowest BCUT2D eigenvalue weighted by Crippen LogP contribution is -2.49. The number of amides is 1. The number of benzene rings is 2. The number of carbonyl (C=O) groups excluding carboxylic acids is 1. The van der Waals surface area contributed by atoms with Crippen molar-refractivity contribution >= 4 is 16.7 Å². The average Bonchev–Trinajstić information content (AvgIpc) is 2.75. The minimum absolute atomic E-state index is 0.128. The van der Waals surface area contributed by atoms with Gasteiger partial charge in [-0.05, 0) is 49.4 Å². The smallest absolute Gasteiger partial charge is 0.475 e. The van der Waals surface area contributed by atoms with Crippen LogP contribution in [0.3, 0.4) is 0 Å². The number of carbonyl (C=O) groups is 1. The second-order valence-electron chi connectivity index (χ2n) is 6.75. The zero-order valence-electron chi connectivity index (χ0n) is 16.5. The van der Waals surface area contributed by atoms with Gasteiger partial charge in [0.2, 0.25) is 0 Å². The Morgan fingerprint density at radius 2 is 1.67 bits per heavy atom. The molecule has 1 amide bonds. The molecular weight excluding hydrogens is 476 g/mol. The second kappa shape index (κ2) is 9.50. The van der Waals surface area contributed by atoms with Gasteiger partial charge in [-0.25, -0.2) is 4.21 Å². The highest BCUT2D eigenvalue weighted by Crippen LogP contribution is 2.37. The van der Waals surface area contributed by atoms with Crippen molar-refractivity contribution in [1.82, 2.24) is 5.32 Å². The molecule has 6 nitrogen and oxygen atoms in total. The molecule has 0 spiro atoms. The van der Waals surface area contributed by atoms with E-state index in [1.807, 2.05) is 0 Å². The van der Waals surface area contributed by atoms with Gasteiger partial charge in [0.15, 0.2) is 16.3 Å². The Labute approximate surface area is 185 Å². The maximum Gasteiger partial charge on any atom is 0.475 e. The standard InChI is InChI=1S/C20H13F6N3O3S/c1-18(10-28,11-32-16-8-12(9-27)2-7-15(16)19(21,22)23)29-17(30)13-3-5-14(6-4-13)33(31)20(24,25)26/h2-8H,11H2,1H3,(H,29,30). The SMILES string of the molecule is CC(C#N)(COc1cc(C#N)ccc1C(F)(F)F)NC(=O)c1ccc(S(=O)C(F)(F)F)cc1. The summed E-state index contributed by atoms with van der Waals surface area (Å²) in [5.41, 5.74) is -8.35. The number of alkyl halides is 6. The van der Waals surface area contributed by atoms with Gasteiger partial charge in [0.25, 0.3) is 5.91 Å². The number of halogens is 6. The Hall–Kier alpha value is -3.58. The van der Waals surface area contributed by atoms with Gasteiger partial charge in [-0.1, -0.05) is 0 Å². The molecule has 0 saturated carbocycles. The average molecular weight is 489 g/mol. The monoisotopic (exact) mass is 489 g/mol. The lowest BCUT2D eigenvalue weighted by Gasteiger charge is -2.24. The summed E-state index contributed by atoms with van der Waals surface area (Å²) >= 11 is 0. The molecule has 0 bridgehead atoms. The number of hydrogen-bond acceptors (Lipinski definition) is 5. The fraction of sp³-hybridized carbons (Fsp3) is 0.250. The first-order valence-corrected chi connectivity index (χ1v) is 9.92. The molecule has 2 atom stereocenters. The normalized spacial score (nSPS) is 14.3. The van der Waals surface area contributed by atoms with Gasteiger partial charge in [0.05, 0.1) is 23.3 Å². The van der Waals surface area contributed by atoms with Crippen LogP contribution in [0, 0.1) is 22.7 Å². The molecule has 0 aromatic heterocycles. The minimum atomic E-state index is -4.99. The predicted octanol–water partition coefficient (Wildman–Crippen LogP) is 4.30. The van der Waals surface area contributed by atoms with E-state index in [4.69, 9.17) is 10.00 Å². The molecule has 2 aromatic carbocycles. The van der Waals surface area contributed by atoms with Crippen molar-refractivity contribution in [2.24, 2.45) is 0 Å². The number of nitriles is 2. The van der Waals surface area contributed by atoms with Crippen LogP contribution in [-0.4, -0.2) is 27.8 Å². The van der Waals surface area contributed by atoms with Crippen LogP contribution in [0.15, 0.2) is 47.4 Å². The molecule has 0 heterocycles. The van der Waals surface area contributed by atoms with Crippen molar-refractivity contribution in [2.45, 2.75) is 29.0 Å². The summed E-state index contributed by atoms with van der Waals surface area (Å²) in [6, 6.07) is 9.30. The molecular formula is C20H13F6N3O3S. The third-order valence-corrected chi connectivity index (χ3v) is 5.23. The summed E-state index contributed by atoms with van der Waals surface area (Å²) in [6.45, 7) is 0.406. The lowest BCUT2D eigenvalue weighted by atomic mass is 10.0. The second-order valence-corrected chi connectivity index (χ2v) is 8.22. The quantitative estimate of drug-likeness (QED) is 0.610. The largest absolute Gasteiger partial charge is 0.489 e. The Morgan fingerprint density at radius 3 is 2.15 bits per heavy atom. The van der Waals surface area contributed by atoms with E-state index in [2.05, 4.69) is 5.32 Å². The van der Waals surface area contributed by atoms with Crippen LogP contribution in [0.2, 0.25) is 0 Å². The van der Waals surface area contributed by atoms with Crippen LogP contribution in [0.4, 0.5) is 26.3 Å². The minimum Gasteiger partial charge on any atom is -0.489 e. The number of ether oxygens (including phenoxy) is 1. The number of nitrogens with one attached hydrogen (secondary N) is 1. The summed E-state index contributed by atoms with van der Waals surface area (Å²) in [6.07, 6.45) is -4.81. The summed E-state index contributed by atoms with van der Waals surface area (Å²) in [7, 11) is -3.30. The van der Waals surface area contributed by atoms with Crippen LogP contribution < -0.4 is 10.1 Å². The third-order valence-electron chi connectivity index (χ3n) is 4.11. The van der Waals surface area contributed by atoms with Crippen LogP contribution in [-0.2, 0) is 17.0 Å². The topological polar surface area (TPSA) is 103 Å². The van der Waals surface area contributed by atoms with E-state index in [1.54, 1.807) is 12.1 Å². The molecule has 0 saturated heterocycles. The molecule has 33 heavy (non-hydrogen) atoms. The lowest BCUT2D eigenvalue weighted by molar-refractivity contribution is -0.139. The molecule has 13 heteroatoms. The molecule has 0 fully saturated rings. The molecule has 0 radical (unpaired) electrons. The highest BCUT2D eigenvalue weighted by molar-refractivity contribution is 7.86. The fourth-order valence-corrected chi connectivity index (χ4v) is 3.10. The van der Waals surface area contributed by atoms with Gasteiger partial charge in [0.1, 0.15) is 12.4 Å². The van der Waals surface area contributed by atoms with Crippen LogP contribution >= 0.6 is 0 Å². The maximum atomic E-state index is 13.2. The molecule has 2 rings (SSSR count). The Morgan fingerprint density at radius 1 is 1.06 bits per heavy atom. The Balaban J connectivity index is 2.19. The molecule has 0 aliphatic rings. The summed E-state index contributed by atoms with van der Waals surface area (Å²) in [5.74, 6) is -1.66. The van der Waals surface area contributed by atoms with Gasteiger partial charge in [0, 0.05) is 10.5 Å². The first-order chi connectivity index (χ1) is 15.2. The zero-order chi connectivity index (χ0) is 25.0. The maximum absolute atomic E-state index is 13.2. The number of rotatable bonds is 6. The first kappa shape index (κ1) is 25.7. The molecule has 174 valence electrons. The Kier molecular flexibility index (Phi) is 7.39. The van der Waals surface area contributed by atoms with Crippen molar-refractivity contribution in [3.8, 4) is 17.9 Å². The molecule has 2 unspecified atom stereocenters. The van der Waals surface area contributed by atoms with Gasteiger partial charge in [-0.2, -0.15) is 36.9 Å². The molecule has 0 aliphatic carbocycles. The van der Waals surface area contributed by atoms with Crippen molar-refractivity contribution < 1.29 is 40.1 Å². The van der Waals surface area contributed by atoms with Gasteiger partial charge in [-0.3, -0.25) is 4.79 Å². The molecule has 2 aromatic rings. The van der Waals surface area contributed by atoms with Gasteiger partial charge < -0.3 is 10.1 Å². The van der Waals surface area contributed by atoms with E-state index in [0.717, 1.165) is 43.3 Å². The van der Waals surface area contributed by atoms with E-state index in [-0.39, 0.29) is 11.1 Å². The van der Waals surface area contributed by atoms with E-state index in [0.29, 0.717) is 6.07 Å². The molecule has 0 aliphatic heterocycles. The first-order valence-electron chi connectivity index (χ1n) is 8.77. The predicted molar refractivity (Wildman–Crippen MR) is 102 cm³/mol.